The molecule has 0 aromatic heterocycles. The fourth-order valence-corrected chi connectivity index (χ4v) is 3.52. The number of ether oxygens (including phenoxy) is 3. The number of carbonyl (C=O) groups excluding carboxylic acids is 1. The van der Waals surface area contributed by atoms with Crippen molar-refractivity contribution in [3.05, 3.63) is 78.4 Å². The molecule has 3 rings (SSSR count). The lowest BCUT2D eigenvalue weighted by Crippen LogP contribution is -2.10. The first-order valence-electron chi connectivity index (χ1n) is 8.40. The van der Waals surface area contributed by atoms with Crippen molar-refractivity contribution in [3.63, 3.8) is 0 Å². The molecule has 3 aromatic carbocycles. The molecule has 0 spiro atoms. The van der Waals surface area contributed by atoms with Gasteiger partial charge in [0.2, 0.25) is 0 Å². The monoisotopic (exact) mass is 380 g/mol. The van der Waals surface area contributed by atoms with E-state index in [-0.39, 0.29) is 0 Å². The maximum Gasteiger partial charge on any atom is 0.180 e. The molecule has 0 saturated carbocycles. The molecule has 0 heterocycles. The van der Waals surface area contributed by atoms with E-state index in [0.29, 0.717) is 5.75 Å². The molecule has 0 fully saturated rings. The van der Waals surface area contributed by atoms with Crippen LogP contribution in [0.4, 0.5) is 0 Å². The van der Waals surface area contributed by atoms with Crippen molar-refractivity contribution in [3.8, 4) is 17.2 Å². The first-order chi connectivity index (χ1) is 13.2. The summed E-state index contributed by atoms with van der Waals surface area (Å²) in [6.45, 7) is 0. The Bertz CT molecular complexity index is 876. The summed E-state index contributed by atoms with van der Waals surface area (Å²) in [6, 6.07) is 22.7. The van der Waals surface area contributed by atoms with Crippen molar-refractivity contribution in [2.75, 3.05) is 14.2 Å². The minimum absolute atomic E-state index is 0.608. The highest BCUT2D eigenvalue weighted by atomic mass is 32.2. The van der Waals surface area contributed by atoms with Gasteiger partial charge in [0.25, 0.3) is 0 Å². The van der Waals surface area contributed by atoms with Crippen molar-refractivity contribution in [1.82, 2.24) is 0 Å². The maximum atomic E-state index is 11.7. The van der Waals surface area contributed by atoms with Crippen LogP contribution in [0.25, 0.3) is 0 Å². The van der Waals surface area contributed by atoms with Crippen LogP contribution in [0.3, 0.4) is 0 Å². The summed E-state index contributed by atoms with van der Waals surface area (Å²) in [6.07, 6.45) is 0.123. The molecule has 5 heteroatoms. The van der Waals surface area contributed by atoms with E-state index in [1.165, 1.54) is 0 Å². The van der Waals surface area contributed by atoms with E-state index >= 15 is 0 Å². The third-order valence-electron chi connectivity index (χ3n) is 3.96. The molecule has 0 N–H and O–H groups in total. The maximum absolute atomic E-state index is 11.7. The Morgan fingerprint density at radius 1 is 0.778 bits per heavy atom. The molecule has 0 bridgehead atoms. The second-order valence-electron chi connectivity index (χ2n) is 5.67. The van der Waals surface area contributed by atoms with Gasteiger partial charge in [0.05, 0.1) is 14.2 Å². The van der Waals surface area contributed by atoms with Crippen LogP contribution in [0.1, 0.15) is 11.7 Å². The van der Waals surface area contributed by atoms with Crippen molar-refractivity contribution < 1.29 is 19.0 Å². The second-order valence-corrected chi connectivity index (χ2v) is 6.78. The highest BCUT2D eigenvalue weighted by molar-refractivity contribution is 7.99. The summed E-state index contributed by atoms with van der Waals surface area (Å²) in [4.78, 5) is 13.8. The summed E-state index contributed by atoms with van der Waals surface area (Å²) in [7, 11) is 3.25. The topological polar surface area (TPSA) is 44.8 Å². The molecular weight excluding hydrogens is 360 g/mol. The zero-order valence-electron chi connectivity index (χ0n) is 15.1. The molecule has 27 heavy (non-hydrogen) atoms. The summed E-state index contributed by atoms with van der Waals surface area (Å²) in [5, 5.41) is 0. The van der Waals surface area contributed by atoms with Gasteiger partial charge in [0, 0.05) is 15.4 Å². The normalized spacial score (nSPS) is 11.5. The Hall–Kier alpha value is -2.92. The molecule has 138 valence electrons. The SMILES string of the molecule is COc1ccc(OC(C=O)c2ccccc2Sc2ccc(OC)cc2)cc1. The van der Waals surface area contributed by atoms with Crippen molar-refractivity contribution in [2.45, 2.75) is 15.9 Å². The van der Waals surface area contributed by atoms with Crippen LogP contribution < -0.4 is 14.2 Å². The number of carbonyl (C=O) groups is 1. The third kappa shape index (κ3) is 4.83. The lowest BCUT2D eigenvalue weighted by atomic mass is 10.1. The van der Waals surface area contributed by atoms with E-state index in [1.807, 2.05) is 48.5 Å². The van der Waals surface area contributed by atoms with Crippen molar-refractivity contribution in [2.24, 2.45) is 0 Å². The molecule has 4 nitrogen and oxygen atoms in total. The van der Waals surface area contributed by atoms with Gasteiger partial charge < -0.3 is 14.2 Å². The lowest BCUT2D eigenvalue weighted by molar-refractivity contribution is -0.114. The predicted octanol–water partition coefficient (Wildman–Crippen LogP) is 5.17. The van der Waals surface area contributed by atoms with E-state index in [1.54, 1.807) is 50.2 Å². The summed E-state index contributed by atoms with van der Waals surface area (Å²) in [5.74, 6) is 2.15. The molecule has 0 saturated heterocycles. The van der Waals surface area contributed by atoms with E-state index in [9.17, 15) is 4.79 Å². The second kappa shape index (κ2) is 9.14. The van der Waals surface area contributed by atoms with Crippen LogP contribution >= 0.6 is 11.8 Å². The van der Waals surface area contributed by atoms with E-state index in [4.69, 9.17) is 14.2 Å². The van der Waals surface area contributed by atoms with Crippen LogP contribution in [-0.4, -0.2) is 20.5 Å². The minimum atomic E-state index is -0.694. The largest absolute Gasteiger partial charge is 0.497 e. The van der Waals surface area contributed by atoms with Gasteiger partial charge in [0.15, 0.2) is 12.4 Å². The van der Waals surface area contributed by atoms with Crippen LogP contribution in [0, 0.1) is 0 Å². The summed E-state index contributed by atoms with van der Waals surface area (Å²) >= 11 is 1.58. The zero-order valence-corrected chi connectivity index (χ0v) is 15.9. The van der Waals surface area contributed by atoms with Gasteiger partial charge in [-0.3, -0.25) is 4.79 Å². The van der Waals surface area contributed by atoms with Gasteiger partial charge >= 0.3 is 0 Å². The summed E-state index contributed by atoms with van der Waals surface area (Å²) in [5.41, 5.74) is 0.823. The van der Waals surface area contributed by atoms with Gasteiger partial charge in [-0.1, -0.05) is 30.0 Å². The molecule has 3 aromatic rings. The Kier molecular flexibility index (Phi) is 6.39. The van der Waals surface area contributed by atoms with E-state index < -0.39 is 6.10 Å². The number of hydrogen-bond donors (Lipinski definition) is 0. The van der Waals surface area contributed by atoms with Gasteiger partial charge in [-0.05, 0) is 54.6 Å². The number of methoxy groups -OCH3 is 2. The van der Waals surface area contributed by atoms with Gasteiger partial charge in [-0.2, -0.15) is 0 Å². The average molecular weight is 380 g/mol. The van der Waals surface area contributed by atoms with Crippen LogP contribution in [0.15, 0.2) is 82.6 Å². The fraction of sp³-hybridized carbons (Fsp3) is 0.136. The summed E-state index contributed by atoms with van der Waals surface area (Å²) < 4.78 is 16.3. The molecule has 0 radical (unpaired) electrons. The molecule has 1 unspecified atom stereocenters. The first kappa shape index (κ1) is 18.9. The van der Waals surface area contributed by atoms with Gasteiger partial charge in [0.1, 0.15) is 17.2 Å². The number of aldehydes is 1. The van der Waals surface area contributed by atoms with Gasteiger partial charge in [-0.25, -0.2) is 0 Å². The predicted molar refractivity (Wildman–Crippen MR) is 106 cm³/mol. The Morgan fingerprint density at radius 2 is 1.33 bits per heavy atom. The molecule has 1 atom stereocenters. The Balaban J connectivity index is 1.82. The minimum Gasteiger partial charge on any atom is -0.497 e. The molecule has 0 aliphatic rings. The highest BCUT2D eigenvalue weighted by Gasteiger charge is 2.17. The number of hydrogen-bond acceptors (Lipinski definition) is 5. The zero-order chi connectivity index (χ0) is 19.1. The van der Waals surface area contributed by atoms with Crippen LogP contribution in [0.5, 0.6) is 17.2 Å². The molecule has 0 amide bonds. The number of benzene rings is 3. The Morgan fingerprint density at radius 3 is 1.93 bits per heavy atom. The molecule has 0 aliphatic carbocycles. The quantitative estimate of drug-likeness (QED) is 0.504. The fourth-order valence-electron chi connectivity index (χ4n) is 2.54. The van der Waals surface area contributed by atoms with Crippen molar-refractivity contribution in [1.29, 1.82) is 0 Å². The van der Waals surface area contributed by atoms with Crippen LogP contribution in [-0.2, 0) is 4.79 Å². The standard InChI is InChI=1S/C22H20O4S/c1-24-16-7-9-18(10-8-16)26-21(15-23)20-5-3-4-6-22(20)27-19-13-11-17(25-2)12-14-19/h3-15,21H,1-2H3. The van der Waals surface area contributed by atoms with Crippen LogP contribution in [0.2, 0.25) is 0 Å². The average Bonchev–Trinajstić information content (AvgIpc) is 2.73. The van der Waals surface area contributed by atoms with E-state index in [2.05, 4.69) is 0 Å². The number of rotatable bonds is 8. The lowest BCUT2D eigenvalue weighted by Gasteiger charge is -2.17. The smallest absolute Gasteiger partial charge is 0.180 e. The highest BCUT2D eigenvalue weighted by Crippen LogP contribution is 2.35. The molecular formula is C22H20O4S. The van der Waals surface area contributed by atoms with Crippen molar-refractivity contribution >= 4 is 18.0 Å². The van der Waals surface area contributed by atoms with E-state index in [0.717, 1.165) is 33.1 Å². The third-order valence-corrected chi connectivity index (χ3v) is 5.06. The molecule has 0 aliphatic heterocycles. The van der Waals surface area contributed by atoms with Gasteiger partial charge in [-0.15, -0.1) is 0 Å². The first-order valence-corrected chi connectivity index (χ1v) is 9.22. The Labute approximate surface area is 163 Å².